The van der Waals surface area contributed by atoms with E-state index in [0.29, 0.717) is 0 Å². The van der Waals surface area contributed by atoms with E-state index in [1.165, 1.54) is 48.7 Å². The number of ketones is 2. The first kappa shape index (κ1) is 21.0. The van der Waals surface area contributed by atoms with Gasteiger partial charge in [-0.25, -0.2) is 0 Å². The van der Waals surface area contributed by atoms with Gasteiger partial charge in [-0.2, -0.15) is 0 Å². The summed E-state index contributed by atoms with van der Waals surface area (Å²) in [5, 5.41) is 9.60. The van der Waals surface area contributed by atoms with Crippen LogP contribution in [0.25, 0.3) is 65.4 Å². The van der Waals surface area contributed by atoms with Gasteiger partial charge in [0.15, 0.2) is 0 Å². The fraction of sp³-hybridized carbons (Fsp3) is 0.0556. The maximum absolute atomic E-state index is 12.8. The lowest BCUT2D eigenvalue weighted by atomic mass is 9.72. The average Bonchev–Trinajstić information content (AvgIpc) is 3.32. The molecular weight excluding hydrogens is 478 g/mol. The van der Waals surface area contributed by atoms with Crippen LogP contribution >= 0.6 is 0 Å². The second-order valence-corrected chi connectivity index (χ2v) is 10.7. The fourth-order valence-corrected chi connectivity index (χ4v) is 7.07. The molecule has 3 aliphatic carbocycles. The van der Waals surface area contributed by atoms with Gasteiger partial charge in [-0.05, 0) is 56.3 Å². The number of aromatic nitrogens is 1. The molecule has 0 N–H and O–H groups in total. The Kier molecular flexibility index (Phi) is 3.92. The first-order valence-corrected chi connectivity index (χ1v) is 13.4. The van der Waals surface area contributed by atoms with Crippen LogP contribution in [0.15, 0.2) is 115 Å². The van der Waals surface area contributed by atoms with Crippen molar-refractivity contribution in [1.29, 1.82) is 0 Å². The Hall–Kier alpha value is -5.02. The predicted octanol–water partition coefficient (Wildman–Crippen LogP) is 8.02. The Morgan fingerprint density at radius 3 is 1.87 bits per heavy atom. The first-order valence-electron chi connectivity index (χ1n) is 13.4. The Morgan fingerprint density at radius 2 is 1.15 bits per heavy atom. The standard InChI is InChI=1S/C36H21NO2/c38-35-22-12-16-27(36(35)39)29(19-22)23-14-9-20-11-17-28-32(18-13-21-10-15-26(23)33(20)34(21)28)37-30-7-3-1-5-24(30)25-6-2-4-8-31(25)37/h1-19,22,27H. The minimum atomic E-state index is -0.492. The molecule has 3 aliphatic rings. The van der Waals surface area contributed by atoms with Crippen LogP contribution in [0, 0.1) is 11.8 Å². The molecule has 0 saturated heterocycles. The third-order valence-electron chi connectivity index (χ3n) is 8.81. The Labute approximate surface area is 223 Å². The monoisotopic (exact) mass is 499 g/mol. The highest BCUT2D eigenvalue weighted by atomic mass is 16.2. The molecule has 2 unspecified atom stereocenters. The van der Waals surface area contributed by atoms with Crippen molar-refractivity contribution >= 4 is 71.3 Å². The van der Waals surface area contributed by atoms with Gasteiger partial charge in [0, 0.05) is 16.2 Å². The number of carbonyl (C=O) groups excluding carboxylic acids is 2. The summed E-state index contributed by atoms with van der Waals surface area (Å²) in [6.07, 6.45) is 5.76. The summed E-state index contributed by atoms with van der Waals surface area (Å²) in [6.45, 7) is 0. The van der Waals surface area contributed by atoms with Crippen molar-refractivity contribution < 1.29 is 9.59 Å². The number of hydrogen-bond donors (Lipinski definition) is 0. The molecule has 2 bridgehead atoms. The zero-order valence-corrected chi connectivity index (χ0v) is 20.9. The molecule has 7 aromatic rings. The van der Waals surface area contributed by atoms with Gasteiger partial charge in [0.1, 0.15) is 0 Å². The highest BCUT2D eigenvalue weighted by Gasteiger charge is 2.39. The van der Waals surface area contributed by atoms with Crippen molar-refractivity contribution in [1.82, 2.24) is 4.57 Å². The van der Waals surface area contributed by atoms with Gasteiger partial charge in [0.05, 0.1) is 28.6 Å². The molecule has 39 heavy (non-hydrogen) atoms. The van der Waals surface area contributed by atoms with E-state index in [0.717, 1.165) is 22.2 Å². The molecule has 10 rings (SSSR count). The summed E-state index contributed by atoms with van der Waals surface area (Å²) in [7, 11) is 0. The van der Waals surface area contributed by atoms with E-state index >= 15 is 0 Å². The maximum atomic E-state index is 12.8. The van der Waals surface area contributed by atoms with Crippen LogP contribution in [0.2, 0.25) is 0 Å². The van der Waals surface area contributed by atoms with Gasteiger partial charge in [0.2, 0.25) is 11.6 Å². The Bertz CT molecular complexity index is 2230. The first-order chi connectivity index (χ1) is 19.2. The number of allylic oxidation sites excluding steroid dienone is 4. The molecule has 1 aromatic heterocycles. The molecule has 1 heterocycles. The van der Waals surface area contributed by atoms with E-state index in [4.69, 9.17) is 0 Å². The van der Waals surface area contributed by atoms with Gasteiger partial charge < -0.3 is 4.57 Å². The molecular formula is C36H21NO2. The number of benzene rings is 6. The fourth-order valence-electron chi connectivity index (χ4n) is 7.07. The third kappa shape index (κ3) is 2.62. The third-order valence-corrected chi connectivity index (χ3v) is 8.81. The van der Waals surface area contributed by atoms with Crippen LogP contribution in [-0.2, 0) is 9.59 Å². The summed E-state index contributed by atoms with van der Waals surface area (Å²) in [4.78, 5) is 25.2. The van der Waals surface area contributed by atoms with E-state index in [2.05, 4.69) is 102 Å². The van der Waals surface area contributed by atoms with Crippen LogP contribution in [0.1, 0.15) is 5.56 Å². The van der Waals surface area contributed by atoms with Crippen LogP contribution < -0.4 is 0 Å². The summed E-state index contributed by atoms with van der Waals surface area (Å²) < 4.78 is 2.38. The topological polar surface area (TPSA) is 39.1 Å². The number of hydrogen-bond acceptors (Lipinski definition) is 2. The summed E-state index contributed by atoms with van der Waals surface area (Å²) >= 11 is 0. The van der Waals surface area contributed by atoms with Crippen molar-refractivity contribution in [2.75, 3.05) is 0 Å². The Balaban J connectivity index is 1.38. The molecule has 3 heteroatoms. The lowest BCUT2D eigenvalue weighted by Gasteiger charge is -2.29. The summed E-state index contributed by atoms with van der Waals surface area (Å²) in [5.74, 6) is -1.52. The van der Waals surface area contributed by atoms with E-state index in [1.807, 2.05) is 18.2 Å². The maximum Gasteiger partial charge on any atom is 0.210 e. The Morgan fingerprint density at radius 1 is 0.538 bits per heavy atom. The van der Waals surface area contributed by atoms with Crippen molar-refractivity contribution in [2.24, 2.45) is 11.8 Å². The van der Waals surface area contributed by atoms with Gasteiger partial charge in [-0.3, -0.25) is 9.59 Å². The van der Waals surface area contributed by atoms with Crippen LogP contribution in [0.4, 0.5) is 0 Å². The van der Waals surface area contributed by atoms with Gasteiger partial charge in [-0.1, -0.05) is 97.1 Å². The number of Topliss-reactive ketones (excluding diaryl/α,β-unsaturated/α-hetero) is 2. The second-order valence-electron chi connectivity index (χ2n) is 10.7. The van der Waals surface area contributed by atoms with E-state index in [9.17, 15) is 9.59 Å². The summed E-state index contributed by atoms with van der Waals surface area (Å²) in [5.41, 5.74) is 5.52. The zero-order chi connectivity index (χ0) is 25.8. The van der Waals surface area contributed by atoms with Gasteiger partial charge in [-0.15, -0.1) is 0 Å². The van der Waals surface area contributed by atoms with Crippen molar-refractivity contribution in [2.45, 2.75) is 0 Å². The van der Waals surface area contributed by atoms with E-state index in [1.54, 1.807) is 0 Å². The number of carbonyl (C=O) groups is 2. The smallest absolute Gasteiger partial charge is 0.210 e. The molecule has 0 radical (unpaired) electrons. The number of fused-ring (bicyclic) bond motifs is 4. The minimum absolute atomic E-state index is 0.292. The molecule has 0 saturated carbocycles. The van der Waals surface area contributed by atoms with Crippen molar-refractivity contribution in [3.8, 4) is 5.69 Å². The molecule has 2 atom stereocenters. The minimum Gasteiger partial charge on any atom is -0.309 e. The SMILES string of the molecule is O=C1C(=O)C2C=CC1C=C2c1ccc2ccc3c(-n4c5ccccc5c5ccccc54)ccc4ccc1c2c43. The average molecular weight is 500 g/mol. The zero-order valence-electron chi connectivity index (χ0n) is 20.9. The molecule has 182 valence electrons. The molecule has 3 nitrogen and oxygen atoms in total. The largest absolute Gasteiger partial charge is 0.309 e. The normalized spacial score (nSPS) is 18.9. The highest BCUT2D eigenvalue weighted by Crippen LogP contribution is 2.45. The highest BCUT2D eigenvalue weighted by molar-refractivity contribution is 6.44. The number of nitrogens with zero attached hydrogens (tertiary/aromatic N) is 1. The van der Waals surface area contributed by atoms with E-state index < -0.39 is 11.8 Å². The molecule has 0 fully saturated rings. The molecule has 0 aliphatic heterocycles. The van der Waals surface area contributed by atoms with Crippen LogP contribution in [0.5, 0.6) is 0 Å². The number of rotatable bonds is 2. The lowest BCUT2D eigenvalue weighted by molar-refractivity contribution is -0.139. The quantitative estimate of drug-likeness (QED) is 0.137. The van der Waals surface area contributed by atoms with Crippen molar-refractivity contribution in [3.63, 3.8) is 0 Å². The molecule has 0 amide bonds. The number of para-hydroxylation sites is 2. The van der Waals surface area contributed by atoms with Gasteiger partial charge >= 0.3 is 0 Å². The van der Waals surface area contributed by atoms with Gasteiger partial charge in [0.25, 0.3) is 0 Å². The van der Waals surface area contributed by atoms with Crippen LogP contribution in [0.3, 0.4) is 0 Å². The molecule has 6 aromatic carbocycles. The van der Waals surface area contributed by atoms with E-state index in [-0.39, 0.29) is 11.6 Å². The lowest BCUT2D eigenvalue weighted by Crippen LogP contribution is -2.36. The second kappa shape index (κ2) is 7.30. The molecule has 0 spiro atoms. The predicted molar refractivity (Wildman–Crippen MR) is 159 cm³/mol. The van der Waals surface area contributed by atoms with Crippen molar-refractivity contribution in [3.05, 3.63) is 121 Å². The van der Waals surface area contributed by atoms with Crippen LogP contribution in [-0.4, -0.2) is 16.1 Å². The summed E-state index contributed by atoms with van der Waals surface area (Å²) in [6, 6.07) is 34.8.